The van der Waals surface area contributed by atoms with Gasteiger partial charge in [0.05, 0.1) is 43.7 Å². The lowest BCUT2D eigenvalue weighted by atomic mass is 10.2. The fourth-order valence-electron chi connectivity index (χ4n) is 3.07. The number of carboxylic acids is 1. The van der Waals surface area contributed by atoms with Crippen molar-refractivity contribution in [2.24, 2.45) is 0 Å². The molecule has 2 aromatic heterocycles. The molecule has 4 aromatic rings. The van der Waals surface area contributed by atoms with E-state index in [0.717, 1.165) is 6.07 Å². The normalized spacial score (nSPS) is 10.8. The van der Waals surface area contributed by atoms with Crippen LogP contribution >= 0.6 is 23.2 Å². The Bertz CT molecular complexity index is 1550. The zero-order chi connectivity index (χ0) is 25.3. The zero-order valence-corrected chi connectivity index (χ0v) is 18.7. The van der Waals surface area contributed by atoms with Crippen molar-refractivity contribution < 1.29 is 24.4 Å². The number of hydrogen-bond acceptors (Lipinski definition) is 8. The molecule has 2 aromatic carbocycles. The Hall–Kier alpha value is -4.49. The number of nitro groups is 1. The number of nitrogens with zero attached hydrogens (tertiary/aromatic N) is 4. The van der Waals surface area contributed by atoms with Crippen molar-refractivity contribution in [1.29, 1.82) is 0 Å². The van der Waals surface area contributed by atoms with Crippen LogP contribution in [0.15, 0.2) is 47.7 Å². The van der Waals surface area contributed by atoms with E-state index in [1.807, 2.05) is 0 Å². The SMILES string of the molecule is O=C(Nc1c(Cl)cccc1Cl)OCc1cn(-c2cc3nc(C(=O)O)c(=O)[nH]c3cc2[N+](=O)[O-])cn1. The number of H-pyrrole nitrogens is 1. The number of carbonyl (C=O) groups is 2. The van der Waals surface area contributed by atoms with Gasteiger partial charge in [0.1, 0.15) is 12.3 Å². The number of hydrogen-bond donors (Lipinski definition) is 3. The average molecular weight is 519 g/mol. The van der Waals surface area contributed by atoms with E-state index >= 15 is 0 Å². The number of anilines is 1. The lowest BCUT2D eigenvalue weighted by Gasteiger charge is -2.09. The number of amides is 1. The lowest BCUT2D eigenvalue weighted by Crippen LogP contribution is -2.20. The first-order valence-corrected chi connectivity index (χ1v) is 10.3. The van der Waals surface area contributed by atoms with E-state index in [-0.39, 0.29) is 44.8 Å². The number of aromatic carboxylic acids is 1. The predicted molar refractivity (Wildman–Crippen MR) is 123 cm³/mol. The summed E-state index contributed by atoms with van der Waals surface area (Å²) in [5.41, 5.74) is -1.78. The topological polar surface area (TPSA) is 182 Å². The first-order chi connectivity index (χ1) is 16.6. The largest absolute Gasteiger partial charge is 0.476 e. The number of aromatic amines is 1. The molecule has 0 saturated heterocycles. The minimum atomic E-state index is -1.55. The van der Waals surface area contributed by atoms with E-state index in [1.54, 1.807) is 6.07 Å². The Morgan fingerprint density at radius 2 is 1.97 bits per heavy atom. The summed E-state index contributed by atoms with van der Waals surface area (Å²) in [6.07, 6.45) is 1.74. The number of halogens is 2. The average Bonchev–Trinajstić information content (AvgIpc) is 3.27. The molecule has 0 saturated carbocycles. The van der Waals surface area contributed by atoms with Gasteiger partial charge in [-0.2, -0.15) is 0 Å². The number of nitrogens with one attached hydrogen (secondary N) is 2. The van der Waals surface area contributed by atoms with Crippen LogP contribution in [0.4, 0.5) is 16.2 Å². The van der Waals surface area contributed by atoms with Crippen LogP contribution in [0, 0.1) is 10.1 Å². The van der Waals surface area contributed by atoms with Gasteiger partial charge in [-0.1, -0.05) is 29.3 Å². The third-order valence-electron chi connectivity index (χ3n) is 4.64. The van der Waals surface area contributed by atoms with Crippen LogP contribution in [0.5, 0.6) is 0 Å². The third kappa shape index (κ3) is 4.90. The summed E-state index contributed by atoms with van der Waals surface area (Å²) in [5.74, 6) is -1.55. The molecular formula is C20H12Cl2N6O7. The summed E-state index contributed by atoms with van der Waals surface area (Å²) in [6.45, 7) is -0.295. The number of carbonyl (C=O) groups excluding carboxylic acids is 1. The maximum absolute atomic E-state index is 12.1. The molecular weight excluding hydrogens is 507 g/mol. The highest BCUT2D eigenvalue weighted by atomic mass is 35.5. The minimum absolute atomic E-state index is 0.00472. The molecule has 0 bridgehead atoms. The molecule has 4 rings (SSSR count). The van der Waals surface area contributed by atoms with Gasteiger partial charge < -0.3 is 14.8 Å². The van der Waals surface area contributed by atoms with Gasteiger partial charge in [0.25, 0.3) is 11.2 Å². The molecule has 178 valence electrons. The quantitative estimate of drug-likeness (QED) is 0.252. The van der Waals surface area contributed by atoms with Crippen molar-refractivity contribution >= 4 is 57.7 Å². The number of nitro benzene ring substituents is 1. The number of imidazole rings is 1. The van der Waals surface area contributed by atoms with E-state index < -0.39 is 33.9 Å². The van der Waals surface area contributed by atoms with Gasteiger partial charge in [0.15, 0.2) is 0 Å². The summed E-state index contributed by atoms with van der Waals surface area (Å²) in [4.78, 5) is 56.2. The highest BCUT2D eigenvalue weighted by Crippen LogP contribution is 2.30. The van der Waals surface area contributed by atoms with Crippen molar-refractivity contribution in [3.8, 4) is 5.69 Å². The number of rotatable bonds is 6. The molecule has 0 aliphatic carbocycles. The van der Waals surface area contributed by atoms with Crippen molar-refractivity contribution in [3.05, 3.63) is 84.8 Å². The van der Waals surface area contributed by atoms with Gasteiger partial charge in [-0.25, -0.2) is 19.6 Å². The standard InChI is InChI=1S/C20H12Cl2N6O7/c21-10-2-1-3-11(22)16(10)26-20(32)35-7-9-6-27(8-23-9)14-4-12-13(5-15(14)28(33)34)25-18(29)17(24-12)19(30)31/h1-6,8H,7H2,(H,25,29)(H,26,32)(H,30,31). The van der Waals surface area contributed by atoms with E-state index in [2.05, 4.69) is 20.3 Å². The number of benzene rings is 2. The maximum atomic E-state index is 12.1. The minimum Gasteiger partial charge on any atom is -0.476 e. The molecule has 13 nitrogen and oxygen atoms in total. The van der Waals surface area contributed by atoms with Crippen LogP contribution in [0.1, 0.15) is 16.2 Å². The molecule has 15 heteroatoms. The molecule has 0 aliphatic rings. The lowest BCUT2D eigenvalue weighted by molar-refractivity contribution is -0.384. The second-order valence-corrected chi connectivity index (χ2v) is 7.72. The van der Waals surface area contributed by atoms with E-state index in [1.165, 1.54) is 35.3 Å². The smallest absolute Gasteiger partial charge is 0.412 e. The number of para-hydroxylation sites is 1. The van der Waals surface area contributed by atoms with Crippen molar-refractivity contribution in [2.75, 3.05) is 5.32 Å². The second-order valence-electron chi connectivity index (χ2n) is 6.90. The molecule has 1 amide bonds. The molecule has 3 N–H and O–H groups in total. The molecule has 35 heavy (non-hydrogen) atoms. The Labute approximate surface area is 204 Å². The summed E-state index contributed by atoms with van der Waals surface area (Å²) in [7, 11) is 0. The van der Waals surface area contributed by atoms with Crippen molar-refractivity contribution in [2.45, 2.75) is 6.61 Å². The van der Waals surface area contributed by atoms with Gasteiger partial charge in [0, 0.05) is 12.3 Å². The molecule has 0 unspecified atom stereocenters. The van der Waals surface area contributed by atoms with Crippen molar-refractivity contribution in [1.82, 2.24) is 19.5 Å². The first kappa shape index (κ1) is 23.7. The first-order valence-electron chi connectivity index (χ1n) is 9.51. The second kappa shape index (κ2) is 9.40. The van der Waals surface area contributed by atoms with Gasteiger partial charge in [-0.3, -0.25) is 24.8 Å². The highest BCUT2D eigenvalue weighted by molar-refractivity contribution is 6.39. The maximum Gasteiger partial charge on any atom is 0.412 e. The van der Waals surface area contributed by atoms with Crippen LogP contribution in [0.25, 0.3) is 16.7 Å². The van der Waals surface area contributed by atoms with Crippen LogP contribution in [-0.2, 0) is 11.3 Å². The number of carboxylic acid groups (broad SMARTS) is 1. The van der Waals surface area contributed by atoms with Gasteiger partial charge >= 0.3 is 12.1 Å². The summed E-state index contributed by atoms with van der Waals surface area (Å²) in [6, 6.07) is 6.96. The predicted octanol–water partition coefficient (Wildman–Crippen LogP) is 3.77. The summed E-state index contributed by atoms with van der Waals surface area (Å²) >= 11 is 12.0. The fourth-order valence-corrected chi connectivity index (χ4v) is 3.57. The van der Waals surface area contributed by atoms with E-state index in [4.69, 9.17) is 33.0 Å². The summed E-state index contributed by atoms with van der Waals surface area (Å²) in [5, 5.41) is 23.6. The molecule has 2 heterocycles. The van der Waals surface area contributed by atoms with E-state index in [0.29, 0.717) is 0 Å². The zero-order valence-electron chi connectivity index (χ0n) is 17.2. The highest BCUT2D eigenvalue weighted by Gasteiger charge is 2.21. The molecule has 0 aliphatic heterocycles. The Morgan fingerprint density at radius 3 is 2.63 bits per heavy atom. The third-order valence-corrected chi connectivity index (χ3v) is 5.27. The Morgan fingerprint density at radius 1 is 1.26 bits per heavy atom. The van der Waals surface area contributed by atoms with Crippen LogP contribution < -0.4 is 10.9 Å². The summed E-state index contributed by atoms with van der Waals surface area (Å²) < 4.78 is 6.37. The fraction of sp³-hybridized carbons (Fsp3) is 0.0500. The van der Waals surface area contributed by atoms with Crippen LogP contribution in [0.3, 0.4) is 0 Å². The molecule has 0 spiro atoms. The van der Waals surface area contributed by atoms with Crippen LogP contribution in [-0.4, -0.2) is 41.6 Å². The van der Waals surface area contributed by atoms with E-state index in [9.17, 15) is 24.5 Å². The van der Waals surface area contributed by atoms with Gasteiger partial charge in [-0.15, -0.1) is 0 Å². The monoisotopic (exact) mass is 518 g/mol. The van der Waals surface area contributed by atoms with Crippen molar-refractivity contribution in [3.63, 3.8) is 0 Å². The van der Waals surface area contributed by atoms with Gasteiger partial charge in [-0.05, 0) is 18.2 Å². The van der Waals surface area contributed by atoms with Gasteiger partial charge in [0.2, 0.25) is 5.69 Å². The molecule has 0 radical (unpaired) electrons. The Balaban J connectivity index is 1.59. The molecule has 0 fully saturated rings. The number of fused-ring (bicyclic) bond motifs is 1. The Kier molecular flexibility index (Phi) is 6.36. The number of aromatic nitrogens is 4. The molecule has 0 atom stereocenters. The van der Waals surface area contributed by atoms with Crippen LogP contribution in [0.2, 0.25) is 10.0 Å². The number of ether oxygens (including phenoxy) is 1.